The monoisotopic (exact) mass is 248 g/mol. The summed E-state index contributed by atoms with van der Waals surface area (Å²) in [7, 11) is 0. The number of thiazole rings is 1. The molecule has 0 unspecified atom stereocenters. The van der Waals surface area contributed by atoms with Crippen LogP contribution in [0.15, 0.2) is 23.8 Å². The van der Waals surface area contributed by atoms with Crippen LogP contribution in [0.5, 0.6) is 0 Å². The summed E-state index contributed by atoms with van der Waals surface area (Å²) in [5, 5.41) is 5.61. The first kappa shape index (κ1) is 11.5. The summed E-state index contributed by atoms with van der Waals surface area (Å²) in [6.45, 7) is 2.32. The van der Waals surface area contributed by atoms with Crippen LogP contribution in [0.1, 0.15) is 16.5 Å². The van der Waals surface area contributed by atoms with Gasteiger partial charge in [0.05, 0.1) is 17.2 Å². The number of carbonyl (C=O) groups is 1. The molecule has 1 amide bonds. The minimum Gasteiger partial charge on any atom is -0.347 e. The van der Waals surface area contributed by atoms with Gasteiger partial charge >= 0.3 is 0 Å². The SMILES string of the molecule is Cc1nc(C=CC(=O)NCc2ncc[nH]2)cs1. The molecule has 88 valence electrons. The molecule has 2 aromatic heterocycles. The van der Waals surface area contributed by atoms with E-state index in [4.69, 9.17) is 0 Å². The third kappa shape index (κ3) is 3.53. The summed E-state index contributed by atoms with van der Waals surface area (Å²) in [6, 6.07) is 0. The summed E-state index contributed by atoms with van der Waals surface area (Å²) in [5.74, 6) is 0.573. The Balaban J connectivity index is 1.83. The van der Waals surface area contributed by atoms with E-state index < -0.39 is 0 Å². The quantitative estimate of drug-likeness (QED) is 0.806. The molecule has 0 bridgehead atoms. The first-order valence-corrected chi connectivity index (χ1v) is 5.98. The highest BCUT2D eigenvalue weighted by Gasteiger charge is 1.98. The van der Waals surface area contributed by atoms with Crippen LogP contribution in [0, 0.1) is 6.92 Å². The number of rotatable bonds is 4. The molecular formula is C11H12N4OS. The van der Waals surface area contributed by atoms with Crippen molar-refractivity contribution in [1.29, 1.82) is 0 Å². The highest BCUT2D eigenvalue weighted by atomic mass is 32.1. The van der Waals surface area contributed by atoms with Gasteiger partial charge in [-0.1, -0.05) is 0 Å². The summed E-state index contributed by atoms with van der Waals surface area (Å²) in [5.41, 5.74) is 0.806. The van der Waals surface area contributed by atoms with Crippen molar-refractivity contribution in [2.75, 3.05) is 0 Å². The normalized spacial score (nSPS) is 10.9. The Kier molecular flexibility index (Phi) is 3.66. The summed E-state index contributed by atoms with van der Waals surface area (Å²) < 4.78 is 0. The van der Waals surface area contributed by atoms with Crippen LogP contribution >= 0.6 is 11.3 Å². The molecule has 0 fully saturated rings. The fraction of sp³-hybridized carbons (Fsp3) is 0.182. The number of aromatic amines is 1. The summed E-state index contributed by atoms with van der Waals surface area (Å²) >= 11 is 1.56. The molecule has 2 rings (SSSR count). The van der Waals surface area contributed by atoms with Gasteiger partial charge in [0.15, 0.2) is 0 Å². The number of hydrogen-bond acceptors (Lipinski definition) is 4. The van der Waals surface area contributed by atoms with Gasteiger partial charge in [0, 0.05) is 23.8 Å². The zero-order valence-corrected chi connectivity index (χ0v) is 10.1. The van der Waals surface area contributed by atoms with Crippen LogP contribution in [-0.2, 0) is 11.3 Å². The molecular weight excluding hydrogens is 236 g/mol. The molecule has 0 saturated carbocycles. The molecule has 0 atom stereocenters. The molecule has 17 heavy (non-hydrogen) atoms. The average molecular weight is 248 g/mol. The van der Waals surface area contributed by atoms with Gasteiger partial charge in [-0.15, -0.1) is 11.3 Å². The zero-order valence-electron chi connectivity index (χ0n) is 9.30. The molecule has 6 heteroatoms. The predicted octanol–water partition coefficient (Wildman–Crippen LogP) is 1.50. The summed E-state index contributed by atoms with van der Waals surface area (Å²) in [4.78, 5) is 22.6. The van der Waals surface area contributed by atoms with Crippen molar-refractivity contribution < 1.29 is 4.79 Å². The lowest BCUT2D eigenvalue weighted by Gasteiger charge is -1.97. The van der Waals surface area contributed by atoms with Crippen molar-refractivity contribution in [3.63, 3.8) is 0 Å². The molecule has 2 N–H and O–H groups in total. The minimum absolute atomic E-state index is 0.160. The fourth-order valence-corrected chi connectivity index (χ4v) is 1.82. The fourth-order valence-electron chi connectivity index (χ4n) is 1.24. The molecule has 0 aliphatic heterocycles. The van der Waals surface area contributed by atoms with E-state index in [0.29, 0.717) is 6.54 Å². The Morgan fingerprint density at radius 1 is 1.65 bits per heavy atom. The van der Waals surface area contributed by atoms with Crippen LogP contribution in [0.25, 0.3) is 6.08 Å². The molecule has 0 aromatic carbocycles. The Labute approximate surface area is 103 Å². The Bertz CT molecular complexity index is 515. The van der Waals surface area contributed by atoms with E-state index >= 15 is 0 Å². The number of aryl methyl sites for hydroxylation is 1. The van der Waals surface area contributed by atoms with Gasteiger partial charge in [-0.25, -0.2) is 9.97 Å². The number of imidazole rings is 1. The highest BCUT2D eigenvalue weighted by Crippen LogP contribution is 2.08. The third-order valence-corrected chi connectivity index (χ3v) is 2.82. The first-order valence-electron chi connectivity index (χ1n) is 5.10. The number of nitrogens with zero attached hydrogens (tertiary/aromatic N) is 2. The number of nitrogens with one attached hydrogen (secondary N) is 2. The minimum atomic E-state index is -0.160. The Hall–Kier alpha value is -1.95. The van der Waals surface area contributed by atoms with Crippen LogP contribution in [0.3, 0.4) is 0 Å². The zero-order chi connectivity index (χ0) is 12.1. The van der Waals surface area contributed by atoms with Gasteiger partial charge in [0.2, 0.25) is 5.91 Å². The van der Waals surface area contributed by atoms with E-state index in [1.54, 1.807) is 29.8 Å². The smallest absolute Gasteiger partial charge is 0.244 e. The van der Waals surface area contributed by atoms with Gasteiger partial charge in [-0.05, 0) is 13.0 Å². The molecule has 0 saturated heterocycles. The van der Waals surface area contributed by atoms with Crippen LogP contribution < -0.4 is 5.32 Å². The standard InChI is InChI=1S/C11H12N4OS/c1-8-15-9(7-17-8)2-3-11(16)14-6-10-12-4-5-13-10/h2-5,7H,6H2,1H3,(H,12,13)(H,14,16). The third-order valence-electron chi connectivity index (χ3n) is 2.03. The van der Waals surface area contributed by atoms with Crippen molar-refractivity contribution in [3.05, 3.63) is 40.4 Å². The van der Waals surface area contributed by atoms with Crippen molar-refractivity contribution in [1.82, 2.24) is 20.3 Å². The molecule has 2 heterocycles. The molecule has 0 aliphatic rings. The number of amides is 1. The van der Waals surface area contributed by atoms with Gasteiger partial charge in [0.25, 0.3) is 0 Å². The summed E-state index contributed by atoms with van der Waals surface area (Å²) in [6.07, 6.45) is 6.53. The maximum Gasteiger partial charge on any atom is 0.244 e. The number of aromatic nitrogens is 3. The maximum atomic E-state index is 11.5. The molecule has 0 radical (unpaired) electrons. The average Bonchev–Trinajstić information content (AvgIpc) is 2.95. The molecule has 2 aromatic rings. The maximum absolute atomic E-state index is 11.5. The molecule has 5 nitrogen and oxygen atoms in total. The lowest BCUT2D eigenvalue weighted by Crippen LogP contribution is -2.20. The Morgan fingerprint density at radius 2 is 2.53 bits per heavy atom. The van der Waals surface area contributed by atoms with Gasteiger partial charge in [0.1, 0.15) is 5.82 Å². The van der Waals surface area contributed by atoms with Crippen molar-refractivity contribution in [2.24, 2.45) is 0 Å². The second-order valence-electron chi connectivity index (χ2n) is 3.38. The van der Waals surface area contributed by atoms with E-state index in [0.717, 1.165) is 16.5 Å². The van der Waals surface area contributed by atoms with Gasteiger partial charge in [-0.2, -0.15) is 0 Å². The topological polar surface area (TPSA) is 70.7 Å². The number of carbonyl (C=O) groups excluding carboxylic acids is 1. The van der Waals surface area contributed by atoms with Crippen LogP contribution in [0.4, 0.5) is 0 Å². The van der Waals surface area contributed by atoms with Crippen LogP contribution in [-0.4, -0.2) is 20.9 Å². The molecule has 0 aliphatic carbocycles. The number of hydrogen-bond donors (Lipinski definition) is 2. The van der Waals surface area contributed by atoms with E-state index in [2.05, 4.69) is 20.3 Å². The largest absolute Gasteiger partial charge is 0.347 e. The molecule has 0 spiro atoms. The number of H-pyrrole nitrogens is 1. The van der Waals surface area contributed by atoms with E-state index in [-0.39, 0.29) is 5.91 Å². The van der Waals surface area contributed by atoms with Crippen molar-refractivity contribution >= 4 is 23.3 Å². The second-order valence-corrected chi connectivity index (χ2v) is 4.44. The van der Waals surface area contributed by atoms with Crippen molar-refractivity contribution in [2.45, 2.75) is 13.5 Å². The van der Waals surface area contributed by atoms with E-state index in [1.165, 1.54) is 6.08 Å². The van der Waals surface area contributed by atoms with Gasteiger partial charge in [-0.3, -0.25) is 4.79 Å². The van der Waals surface area contributed by atoms with E-state index in [9.17, 15) is 4.79 Å². The van der Waals surface area contributed by atoms with Gasteiger partial charge < -0.3 is 10.3 Å². The Morgan fingerprint density at radius 3 is 3.18 bits per heavy atom. The first-order chi connectivity index (χ1) is 8.24. The second kappa shape index (κ2) is 5.40. The van der Waals surface area contributed by atoms with Crippen LogP contribution in [0.2, 0.25) is 0 Å². The predicted molar refractivity (Wildman–Crippen MR) is 66.3 cm³/mol. The lowest BCUT2D eigenvalue weighted by molar-refractivity contribution is -0.116. The van der Waals surface area contributed by atoms with Crippen molar-refractivity contribution in [3.8, 4) is 0 Å². The highest BCUT2D eigenvalue weighted by molar-refractivity contribution is 7.09. The lowest BCUT2D eigenvalue weighted by atomic mass is 10.4. The van der Waals surface area contributed by atoms with E-state index in [1.807, 2.05) is 12.3 Å².